The molecular formula is C17H16N4O. The number of amides is 2. The van der Waals surface area contributed by atoms with Crippen LogP contribution < -0.4 is 10.2 Å². The lowest BCUT2D eigenvalue weighted by Crippen LogP contribution is -2.39. The van der Waals surface area contributed by atoms with Gasteiger partial charge in [0.25, 0.3) is 0 Å². The Kier molecular flexibility index (Phi) is 2.85. The van der Waals surface area contributed by atoms with Gasteiger partial charge in [0.05, 0.1) is 11.9 Å². The molecule has 1 aliphatic rings. The van der Waals surface area contributed by atoms with E-state index >= 15 is 0 Å². The van der Waals surface area contributed by atoms with Gasteiger partial charge in [-0.25, -0.2) is 4.79 Å². The van der Waals surface area contributed by atoms with Crippen LogP contribution in [0, 0.1) is 0 Å². The highest BCUT2D eigenvalue weighted by atomic mass is 16.2. The summed E-state index contributed by atoms with van der Waals surface area (Å²) >= 11 is 0. The SMILES string of the molecule is C[C@H]1Cc2cc3[nH]ccc3cc2N1C(=O)Nc1cccnc1. The molecule has 0 aliphatic carbocycles. The second-order valence-corrected chi connectivity index (χ2v) is 5.64. The van der Waals surface area contributed by atoms with Gasteiger partial charge in [0, 0.05) is 35.0 Å². The maximum absolute atomic E-state index is 12.6. The predicted octanol–water partition coefficient (Wildman–Crippen LogP) is 3.55. The number of carbonyl (C=O) groups excluding carboxylic acids is 1. The number of aromatic amines is 1. The molecule has 0 radical (unpaired) electrons. The van der Waals surface area contributed by atoms with Crippen LogP contribution in [0.15, 0.2) is 48.9 Å². The standard InChI is InChI=1S/C17H16N4O/c1-11-7-13-8-15-12(4-6-19-15)9-16(13)21(11)17(22)20-14-3-2-5-18-10-14/h2-6,8-11,19H,7H2,1H3,(H,20,22)/t11-/m0/s1. The number of aromatic nitrogens is 2. The first kappa shape index (κ1) is 12.9. The van der Waals surface area contributed by atoms with Gasteiger partial charge in [-0.05, 0) is 49.2 Å². The highest BCUT2D eigenvalue weighted by Crippen LogP contribution is 2.35. The van der Waals surface area contributed by atoms with Crippen molar-refractivity contribution in [2.75, 3.05) is 10.2 Å². The van der Waals surface area contributed by atoms with Gasteiger partial charge in [-0.1, -0.05) is 0 Å². The van der Waals surface area contributed by atoms with Crippen molar-refractivity contribution in [2.24, 2.45) is 0 Å². The third-order valence-corrected chi connectivity index (χ3v) is 4.10. The zero-order chi connectivity index (χ0) is 15.1. The van der Waals surface area contributed by atoms with Crippen LogP contribution in [0.25, 0.3) is 10.9 Å². The number of hydrogen-bond donors (Lipinski definition) is 2. The Bertz CT molecular complexity index is 840. The second kappa shape index (κ2) is 4.87. The van der Waals surface area contributed by atoms with E-state index in [2.05, 4.69) is 34.3 Å². The predicted molar refractivity (Wildman–Crippen MR) is 87.2 cm³/mol. The van der Waals surface area contributed by atoms with Crippen molar-refractivity contribution in [2.45, 2.75) is 19.4 Å². The van der Waals surface area contributed by atoms with Gasteiger partial charge in [0.1, 0.15) is 0 Å². The van der Waals surface area contributed by atoms with Crippen molar-refractivity contribution in [1.29, 1.82) is 0 Å². The van der Waals surface area contributed by atoms with Crippen LogP contribution in [0.1, 0.15) is 12.5 Å². The maximum Gasteiger partial charge on any atom is 0.326 e. The van der Waals surface area contributed by atoms with Crippen LogP contribution in [0.3, 0.4) is 0 Å². The summed E-state index contributed by atoms with van der Waals surface area (Å²) in [5.41, 5.74) is 4.00. The molecule has 1 aliphatic heterocycles. The zero-order valence-electron chi connectivity index (χ0n) is 12.2. The van der Waals surface area contributed by atoms with E-state index in [0.717, 1.165) is 23.0 Å². The Morgan fingerprint density at radius 3 is 3.14 bits per heavy atom. The average molecular weight is 292 g/mol. The summed E-state index contributed by atoms with van der Waals surface area (Å²) in [6.07, 6.45) is 6.12. The van der Waals surface area contributed by atoms with E-state index < -0.39 is 0 Å². The third-order valence-electron chi connectivity index (χ3n) is 4.10. The molecule has 3 aromatic rings. The first-order chi connectivity index (χ1) is 10.7. The number of rotatable bonds is 1. The number of benzene rings is 1. The van der Waals surface area contributed by atoms with Crippen LogP contribution >= 0.6 is 0 Å². The molecule has 1 atom stereocenters. The molecule has 5 heteroatoms. The van der Waals surface area contributed by atoms with Gasteiger partial charge < -0.3 is 10.3 Å². The fraction of sp³-hybridized carbons (Fsp3) is 0.176. The molecular weight excluding hydrogens is 276 g/mol. The maximum atomic E-state index is 12.6. The first-order valence-electron chi connectivity index (χ1n) is 7.32. The molecule has 3 heterocycles. The van der Waals surface area contributed by atoms with Crippen LogP contribution in [0.2, 0.25) is 0 Å². The Morgan fingerprint density at radius 1 is 1.41 bits per heavy atom. The zero-order valence-corrected chi connectivity index (χ0v) is 12.2. The molecule has 0 saturated carbocycles. The number of urea groups is 1. The van der Waals surface area contributed by atoms with Gasteiger partial charge in [0.15, 0.2) is 0 Å². The average Bonchev–Trinajstić information content (AvgIpc) is 3.08. The lowest BCUT2D eigenvalue weighted by Gasteiger charge is -2.23. The van der Waals surface area contributed by atoms with E-state index in [0.29, 0.717) is 5.69 Å². The fourth-order valence-corrected chi connectivity index (χ4v) is 3.10. The van der Waals surface area contributed by atoms with E-state index in [9.17, 15) is 4.79 Å². The van der Waals surface area contributed by atoms with E-state index in [4.69, 9.17) is 0 Å². The summed E-state index contributed by atoms with van der Waals surface area (Å²) in [5, 5.41) is 4.03. The molecule has 0 unspecified atom stereocenters. The van der Waals surface area contributed by atoms with Gasteiger partial charge in [-0.15, -0.1) is 0 Å². The minimum atomic E-state index is -0.117. The monoisotopic (exact) mass is 292 g/mol. The highest BCUT2D eigenvalue weighted by Gasteiger charge is 2.31. The van der Waals surface area contributed by atoms with Crippen molar-refractivity contribution in [1.82, 2.24) is 9.97 Å². The number of pyridine rings is 1. The molecule has 1 aromatic carbocycles. The summed E-state index contributed by atoms with van der Waals surface area (Å²) in [4.78, 5) is 21.7. The lowest BCUT2D eigenvalue weighted by molar-refractivity contribution is 0.256. The first-order valence-corrected chi connectivity index (χ1v) is 7.32. The van der Waals surface area contributed by atoms with Gasteiger partial charge in [0.2, 0.25) is 0 Å². The summed E-state index contributed by atoms with van der Waals surface area (Å²) in [6, 6.07) is 9.90. The topological polar surface area (TPSA) is 61.0 Å². The smallest absolute Gasteiger partial charge is 0.326 e. The molecule has 2 aromatic heterocycles. The minimum absolute atomic E-state index is 0.117. The highest BCUT2D eigenvalue weighted by molar-refractivity contribution is 6.05. The number of nitrogens with zero attached hydrogens (tertiary/aromatic N) is 2. The summed E-state index contributed by atoms with van der Waals surface area (Å²) < 4.78 is 0. The van der Waals surface area contributed by atoms with E-state index in [1.807, 2.05) is 23.2 Å². The quantitative estimate of drug-likeness (QED) is 0.720. The molecule has 2 N–H and O–H groups in total. The van der Waals surface area contributed by atoms with E-state index in [-0.39, 0.29) is 12.1 Å². The number of H-pyrrole nitrogens is 1. The number of anilines is 2. The van der Waals surface area contributed by atoms with Crippen molar-refractivity contribution in [3.05, 3.63) is 54.5 Å². The summed E-state index contributed by atoms with van der Waals surface area (Å²) in [5.74, 6) is 0. The van der Waals surface area contributed by atoms with Crippen LogP contribution in [-0.2, 0) is 6.42 Å². The molecule has 22 heavy (non-hydrogen) atoms. The minimum Gasteiger partial charge on any atom is -0.361 e. The van der Waals surface area contributed by atoms with Gasteiger partial charge >= 0.3 is 6.03 Å². The summed E-state index contributed by atoms with van der Waals surface area (Å²) in [6.45, 7) is 2.07. The Labute approximate surface area is 128 Å². The number of carbonyl (C=O) groups is 1. The fourth-order valence-electron chi connectivity index (χ4n) is 3.10. The van der Waals surface area contributed by atoms with E-state index in [1.165, 1.54) is 5.56 Å². The Morgan fingerprint density at radius 2 is 2.32 bits per heavy atom. The van der Waals surface area contributed by atoms with Gasteiger partial charge in [-0.2, -0.15) is 0 Å². The molecule has 0 saturated heterocycles. The van der Waals surface area contributed by atoms with Crippen LogP contribution in [0.4, 0.5) is 16.2 Å². The van der Waals surface area contributed by atoms with Crippen molar-refractivity contribution in [3.8, 4) is 0 Å². The normalized spacial score (nSPS) is 16.8. The molecule has 0 spiro atoms. The number of fused-ring (bicyclic) bond motifs is 2. The van der Waals surface area contributed by atoms with Crippen LogP contribution in [0.5, 0.6) is 0 Å². The molecule has 4 rings (SSSR count). The summed E-state index contributed by atoms with van der Waals surface area (Å²) in [7, 11) is 0. The largest absolute Gasteiger partial charge is 0.361 e. The molecule has 5 nitrogen and oxygen atoms in total. The van der Waals surface area contributed by atoms with Gasteiger partial charge in [-0.3, -0.25) is 9.88 Å². The van der Waals surface area contributed by atoms with Crippen LogP contribution in [-0.4, -0.2) is 22.0 Å². The lowest BCUT2D eigenvalue weighted by atomic mass is 10.1. The van der Waals surface area contributed by atoms with E-state index in [1.54, 1.807) is 18.5 Å². The molecule has 110 valence electrons. The van der Waals surface area contributed by atoms with Crippen molar-refractivity contribution < 1.29 is 4.79 Å². The number of nitrogens with one attached hydrogen (secondary N) is 2. The molecule has 0 bridgehead atoms. The molecule has 0 fully saturated rings. The Balaban J connectivity index is 1.69. The third kappa shape index (κ3) is 2.02. The Hall–Kier alpha value is -2.82. The number of hydrogen-bond acceptors (Lipinski definition) is 2. The molecule has 2 amide bonds. The van der Waals surface area contributed by atoms with Crippen molar-refractivity contribution in [3.63, 3.8) is 0 Å². The van der Waals surface area contributed by atoms with Crippen molar-refractivity contribution >= 4 is 28.3 Å². The second-order valence-electron chi connectivity index (χ2n) is 5.64.